The summed E-state index contributed by atoms with van der Waals surface area (Å²) in [5.41, 5.74) is 11.3. The predicted octanol–water partition coefficient (Wildman–Crippen LogP) is 2.49. The molecule has 5 unspecified atom stereocenters. The molecule has 702 valence electrons. The molecule has 20 N–H and O–H groups in total. The number of hydrogen-bond acceptors (Lipinski definition) is 26. The third-order valence-corrected chi connectivity index (χ3v) is 21.0. The Labute approximate surface area is 765 Å². The van der Waals surface area contributed by atoms with E-state index in [0.29, 0.717) is 100 Å². The van der Waals surface area contributed by atoms with E-state index < -0.39 is 119 Å². The first kappa shape index (κ1) is 118. The highest BCUT2D eigenvalue weighted by atomic mass is 32.1. The summed E-state index contributed by atoms with van der Waals surface area (Å²) in [5, 5.41) is 49.5. The maximum absolute atomic E-state index is 15.0. The van der Waals surface area contributed by atoms with Crippen LogP contribution in [0.3, 0.4) is 0 Å². The van der Waals surface area contributed by atoms with Crippen LogP contribution in [-0.4, -0.2) is 240 Å². The van der Waals surface area contributed by atoms with Crippen molar-refractivity contribution in [2.75, 3.05) is 91.8 Å². The number of rotatable bonds is 75. The Morgan fingerprint density at radius 3 is 1.02 bits per heavy atom. The molecule has 35 nitrogen and oxygen atoms in total. The Morgan fingerprint density at radius 2 is 0.639 bits per heavy atom. The normalized spacial score (nSPS) is 13.3. The number of carbonyl (C=O) groups is 17. The molecule has 9 atom stereocenters. The zero-order valence-electron chi connectivity index (χ0n) is 71.4. The van der Waals surface area contributed by atoms with E-state index in [1.165, 1.54) is 0 Å². The molecular formula is C79H145N17O18S8. The van der Waals surface area contributed by atoms with Gasteiger partial charge >= 0.3 is 0 Å². The fourth-order valence-electron chi connectivity index (χ4n) is 12.7. The molecule has 16 amide bonds. The number of hydrogen-bond donors (Lipinski definition) is 26. The third-order valence-electron chi connectivity index (χ3n) is 19.2. The largest absolute Gasteiger partial charge is 0.483 e. The quantitative estimate of drug-likeness (QED) is 0.0180. The van der Waals surface area contributed by atoms with E-state index in [9.17, 15) is 71.9 Å². The van der Waals surface area contributed by atoms with Crippen LogP contribution in [0.4, 0.5) is 0 Å². The number of nitrogens with one attached hydrogen (secondary N) is 15. The van der Waals surface area contributed by atoms with Crippen molar-refractivity contribution in [3.63, 3.8) is 0 Å². The summed E-state index contributed by atoms with van der Waals surface area (Å²) >= 11 is 33.3. The molecule has 0 rings (SSSR count). The molecule has 43 heteroatoms. The molecule has 0 bridgehead atoms. The average Bonchev–Trinajstić information content (AvgIpc) is 0.815. The average molecular weight is 1880 g/mol. The first-order valence-electron chi connectivity index (χ1n) is 42.7. The summed E-state index contributed by atoms with van der Waals surface area (Å²) in [6.45, 7) is 4.41. The highest BCUT2D eigenvalue weighted by Gasteiger charge is 2.42. The Morgan fingerprint density at radius 1 is 0.320 bits per heavy atom. The number of unbranched alkanes of at least 4 members (excludes halogenated alkanes) is 8. The molecular weight excluding hydrogens is 1730 g/mol. The first-order valence-corrected chi connectivity index (χ1v) is 47.8. The van der Waals surface area contributed by atoms with Crippen LogP contribution >= 0.6 is 101 Å². The molecule has 0 fully saturated rings. The van der Waals surface area contributed by atoms with Crippen molar-refractivity contribution in [3.8, 4) is 0 Å². The van der Waals surface area contributed by atoms with Gasteiger partial charge in [-0.3, -0.25) is 81.5 Å². The van der Waals surface area contributed by atoms with E-state index in [2.05, 4.69) is 181 Å². The Hall–Kier alpha value is -6.25. The van der Waals surface area contributed by atoms with Crippen LogP contribution < -0.4 is 91.2 Å². The molecule has 0 heterocycles. The van der Waals surface area contributed by atoms with E-state index >= 15 is 4.79 Å². The molecule has 0 aliphatic heterocycles. The van der Waals surface area contributed by atoms with E-state index in [4.69, 9.17) is 21.4 Å². The summed E-state index contributed by atoms with van der Waals surface area (Å²) in [6.07, 6.45) is 6.55. The van der Waals surface area contributed by atoms with Crippen molar-refractivity contribution >= 4 is 202 Å². The van der Waals surface area contributed by atoms with Crippen LogP contribution in [0.15, 0.2) is 0 Å². The molecule has 0 aromatic rings. The Kier molecular flexibility index (Phi) is 74.5. The van der Waals surface area contributed by atoms with Gasteiger partial charge in [-0.1, -0.05) is 46.0 Å². The van der Waals surface area contributed by atoms with Crippen LogP contribution in [0, 0.1) is 11.8 Å². The van der Waals surface area contributed by atoms with Gasteiger partial charge in [-0.15, -0.1) is 0 Å². The fourth-order valence-corrected chi connectivity index (χ4v) is 14.3. The van der Waals surface area contributed by atoms with Crippen molar-refractivity contribution in [2.45, 2.75) is 287 Å². The van der Waals surface area contributed by atoms with Crippen molar-refractivity contribution in [1.29, 1.82) is 0 Å². The monoisotopic (exact) mass is 1880 g/mol. The van der Waals surface area contributed by atoms with E-state index in [-0.39, 0.29) is 239 Å². The molecule has 122 heavy (non-hydrogen) atoms. The standard InChI is InChI=1S/C78H143N17O16S8.CH2O2/c1-3-5-7-25-66(100)91-60(93-75(109)58(89-69(103)32-48-117)23-10-14-37-82-63(97)28-44-113)51-54(19-17-21-56(79)52-61(92-67(101)26-8-6-4-2)94-76(110)59(90-70(104)33-49-118)24-11-15-38-83-64(98)29-45-114)72(106)86-41-42-87-73(107)55(53-78(77(80)111,95-71(105)34-50-119)35-12-16-39-84-65(99)30-46-115)20-18-40-85-74(108)57(88-68(102)31-47-116)22-9-13-36-81-62(96)27-43-112;2-1-3/h54-61,112-119H,3-53,79H2,1-2H3,(H2,80,111)(H,81,96)(H,82,97)(H,83,98)(H,84,99)(H,85,108)(H,86,106)(H,87,107)(H,88,102)(H,89,103)(H,90,104)(H,91,100)(H,92,101)(H,93,109)(H,94,110)(H,95,105);1H,(H,2,3)/t54-,55?,56?,57-,58?,59?,60-,61-,78?;/m0./s1. The molecule has 0 saturated carbocycles. The van der Waals surface area contributed by atoms with Gasteiger partial charge in [-0.25, -0.2) is 0 Å². The second-order valence-electron chi connectivity index (χ2n) is 29.5. The van der Waals surface area contributed by atoms with Crippen molar-refractivity contribution < 1.29 is 86.6 Å². The lowest BCUT2D eigenvalue weighted by Gasteiger charge is -2.35. The Bertz CT molecular complexity index is 3080. The molecule has 0 radical (unpaired) electrons. The van der Waals surface area contributed by atoms with Gasteiger partial charge in [0.1, 0.15) is 36.0 Å². The van der Waals surface area contributed by atoms with Gasteiger partial charge < -0.3 is 96.3 Å². The van der Waals surface area contributed by atoms with Crippen molar-refractivity contribution in [2.24, 2.45) is 23.3 Å². The highest BCUT2D eigenvalue weighted by molar-refractivity contribution is 7.81. The number of thiol groups is 8. The summed E-state index contributed by atoms with van der Waals surface area (Å²) in [5.74, 6) is -7.49. The lowest BCUT2D eigenvalue weighted by atomic mass is 9.80. The molecule has 0 aliphatic rings. The first-order chi connectivity index (χ1) is 58.4. The molecule has 0 aliphatic carbocycles. The number of amides is 16. The number of primary amides is 1. The summed E-state index contributed by atoms with van der Waals surface area (Å²) in [7, 11) is 0. The molecule has 0 aromatic heterocycles. The zero-order chi connectivity index (χ0) is 91.7. The topological polar surface area (TPSA) is 543 Å². The summed E-state index contributed by atoms with van der Waals surface area (Å²) in [4.78, 5) is 224. The van der Waals surface area contributed by atoms with Gasteiger partial charge in [0, 0.05) is 134 Å². The van der Waals surface area contributed by atoms with Gasteiger partial charge in [0.05, 0.1) is 0 Å². The third kappa shape index (κ3) is 62.0. The minimum atomic E-state index is -1.83. The minimum Gasteiger partial charge on any atom is -0.483 e. The molecule has 0 aromatic carbocycles. The van der Waals surface area contributed by atoms with Crippen LogP contribution in [0.2, 0.25) is 0 Å². The maximum Gasteiger partial charge on any atom is 0.290 e. The van der Waals surface area contributed by atoms with Gasteiger partial charge in [-0.2, -0.15) is 101 Å². The SMILES string of the molecule is CCCCCC(=O)N[C@H](CC(N)CCC[C@@H](C[C@@H](NC(=O)CCCCC)NC(=O)C(CCCCNC(=O)CCS)NC(=O)CCS)C(=O)NCCNC(=O)C(CCCNC(=O)[C@H](CCCCNC(=O)CCS)NC(=O)CCS)CC(CCCCNC(=O)CCS)(NC(=O)CCS)C(N)=O)NC(=O)C(CCCCNC(=O)CCS)NC(=O)CCS.O=CO. The van der Waals surface area contributed by atoms with E-state index in [1.54, 1.807) is 0 Å². The van der Waals surface area contributed by atoms with Gasteiger partial charge in [0.25, 0.3) is 6.47 Å². The van der Waals surface area contributed by atoms with E-state index in [1.807, 2.05) is 13.8 Å². The number of carboxylic acid groups (broad SMARTS) is 1. The molecule has 0 spiro atoms. The second-order valence-corrected chi connectivity index (χ2v) is 33.1. The summed E-state index contributed by atoms with van der Waals surface area (Å²) in [6, 6.07) is -3.91. The van der Waals surface area contributed by atoms with Crippen LogP contribution in [0.1, 0.15) is 245 Å². The van der Waals surface area contributed by atoms with Crippen LogP contribution in [0.25, 0.3) is 0 Å². The smallest absolute Gasteiger partial charge is 0.290 e. The second kappa shape index (κ2) is 77.1. The fraction of sp³-hybridized carbons (Fsp3) is 0.785. The lowest BCUT2D eigenvalue weighted by Crippen LogP contribution is -2.59. The minimum absolute atomic E-state index is 0.0109. The van der Waals surface area contributed by atoms with Gasteiger partial charge in [-0.05, 0) is 174 Å². The lowest BCUT2D eigenvalue weighted by molar-refractivity contribution is -0.135. The van der Waals surface area contributed by atoms with Crippen molar-refractivity contribution in [3.05, 3.63) is 0 Å². The van der Waals surface area contributed by atoms with Gasteiger partial charge in [0.15, 0.2) is 0 Å². The van der Waals surface area contributed by atoms with Crippen LogP contribution in [0.5, 0.6) is 0 Å². The Balaban J connectivity index is 0. The number of carbonyl (C=O) groups excluding carboxylic acids is 16. The number of nitrogens with two attached hydrogens (primary N) is 2. The zero-order valence-corrected chi connectivity index (χ0v) is 78.5. The van der Waals surface area contributed by atoms with Crippen molar-refractivity contribution in [1.82, 2.24) is 79.8 Å². The maximum atomic E-state index is 15.0. The highest BCUT2D eigenvalue weighted by Crippen LogP contribution is 2.28. The van der Waals surface area contributed by atoms with Crippen LogP contribution in [-0.2, 0) is 81.5 Å². The van der Waals surface area contributed by atoms with Gasteiger partial charge in [0.2, 0.25) is 94.5 Å². The van der Waals surface area contributed by atoms with E-state index in [0.717, 1.165) is 19.3 Å². The summed E-state index contributed by atoms with van der Waals surface area (Å²) < 4.78 is 0. The molecule has 0 saturated heterocycles. The predicted molar refractivity (Wildman–Crippen MR) is 499 cm³/mol.